The minimum absolute atomic E-state index is 0.123. The molecule has 0 aliphatic heterocycles. The molecular formula is C60H45NO. The van der Waals surface area contributed by atoms with Crippen molar-refractivity contribution in [1.29, 1.82) is 0 Å². The monoisotopic (exact) mass is 795 g/mol. The zero-order valence-electron chi connectivity index (χ0n) is 35.4. The molecule has 0 unspecified atom stereocenters. The topological polar surface area (TPSA) is 16.4 Å². The first-order valence-electron chi connectivity index (χ1n) is 21.8. The van der Waals surface area contributed by atoms with Crippen molar-refractivity contribution < 1.29 is 4.42 Å². The van der Waals surface area contributed by atoms with Crippen molar-refractivity contribution in [2.45, 2.75) is 38.5 Å². The van der Waals surface area contributed by atoms with Crippen LogP contribution in [0.15, 0.2) is 205 Å². The van der Waals surface area contributed by atoms with Gasteiger partial charge in [0.2, 0.25) is 0 Å². The Labute approximate surface area is 363 Å². The summed E-state index contributed by atoms with van der Waals surface area (Å²) in [5.74, 6) is 0. The maximum Gasteiger partial charge on any atom is 0.143 e. The fourth-order valence-electron chi connectivity index (χ4n) is 10.9. The molecule has 9 aromatic carbocycles. The third kappa shape index (κ3) is 5.23. The van der Waals surface area contributed by atoms with Crippen LogP contribution in [0.5, 0.6) is 0 Å². The number of para-hydroxylation sites is 5. The smallest absolute Gasteiger partial charge is 0.143 e. The Kier molecular flexibility index (Phi) is 7.96. The lowest BCUT2D eigenvalue weighted by atomic mass is 9.81. The fourth-order valence-corrected chi connectivity index (χ4v) is 10.9. The quantitative estimate of drug-likeness (QED) is 0.167. The normalized spacial score (nSPS) is 14.1. The molecular weight excluding hydrogens is 751 g/mol. The highest BCUT2D eigenvalue weighted by molar-refractivity contribution is 6.11. The van der Waals surface area contributed by atoms with Crippen molar-refractivity contribution in [3.05, 3.63) is 222 Å². The summed E-state index contributed by atoms with van der Waals surface area (Å²) in [5, 5.41) is 2.24. The van der Waals surface area contributed by atoms with E-state index in [2.05, 4.69) is 227 Å². The number of furan rings is 1. The van der Waals surface area contributed by atoms with E-state index in [0.29, 0.717) is 0 Å². The molecule has 2 aliphatic carbocycles. The van der Waals surface area contributed by atoms with Gasteiger partial charge < -0.3 is 9.32 Å². The van der Waals surface area contributed by atoms with E-state index >= 15 is 0 Å². The molecule has 0 saturated heterocycles. The van der Waals surface area contributed by atoms with Crippen LogP contribution in [0.1, 0.15) is 49.9 Å². The molecule has 0 atom stereocenters. The molecule has 1 aromatic heterocycles. The molecule has 2 aliphatic rings. The van der Waals surface area contributed by atoms with Gasteiger partial charge in [-0.2, -0.15) is 0 Å². The van der Waals surface area contributed by atoms with Crippen molar-refractivity contribution in [2.75, 3.05) is 4.90 Å². The summed E-state index contributed by atoms with van der Waals surface area (Å²) in [6.07, 6.45) is 0. The van der Waals surface area contributed by atoms with Crippen molar-refractivity contribution in [1.82, 2.24) is 0 Å². The number of benzene rings is 9. The lowest BCUT2D eigenvalue weighted by Gasteiger charge is -2.32. The highest BCUT2D eigenvalue weighted by Gasteiger charge is 2.38. The minimum atomic E-state index is -0.126. The summed E-state index contributed by atoms with van der Waals surface area (Å²) < 4.78 is 6.74. The SMILES string of the molecule is CC1(C)c2ccccc2-c2ccc(-c3ccccc3N(c3ccccc3-c3cccc4c3-c3ccccc3C4(C)C)c3ccccc3-c3cccc4c3oc3ccccc34)cc21. The van der Waals surface area contributed by atoms with Crippen LogP contribution in [-0.2, 0) is 10.8 Å². The van der Waals surface area contributed by atoms with Gasteiger partial charge in [0.05, 0.1) is 17.1 Å². The van der Waals surface area contributed by atoms with E-state index in [1.54, 1.807) is 0 Å². The third-order valence-electron chi connectivity index (χ3n) is 13.9. The Morgan fingerprint density at radius 3 is 1.55 bits per heavy atom. The van der Waals surface area contributed by atoms with E-state index in [4.69, 9.17) is 4.42 Å². The van der Waals surface area contributed by atoms with Gasteiger partial charge in [-0.15, -0.1) is 0 Å². The number of fused-ring (bicyclic) bond motifs is 9. The zero-order valence-corrected chi connectivity index (χ0v) is 35.4. The molecule has 296 valence electrons. The molecule has 2 nitrogen and oxygen atoms in total. The van der Waals surface area contributed by atoms with Gasteiger partial charge in [0, 0.05) is 43.9 Å². The van der Waals surface area contributed by atoms with Crippen LogP contribution < -0.4 is 4.90 Å². The number of anilines is 3. The van der Waals surface area contributed by atoms with Crippen LogP contribution in [0.3, 0.4) is 0 Å². The Balaban J connectivity index is 1.13. The summed E-state index contributed by atoms with van der Waals surface area (Å²) in [5.41, 5.74) is 22.5. The first kappa shape index (κ1) is 36.4. The summed E-state index contributed by atoms with van der Waals surface area (Å²) in [6, 6.07) is 73.6. The van der Waals surface area contributed by atoms with E-state index in [1.807, 2.05) is 6.07 Å². The average molecular weight is 796 g/mol. The van der Waals surface area contributed by atoms with Crippen LogP contribution in [0.2, 0.25) is 0 Å². The lowest BCUT2D eigenvalue weighted by molar-refractivity contribution is 0.660. The largest absolute Gasteiger partial charge is 0.455 e. The maximum atomic E-state index is 6.74. The molecule has 0 fully saturated rings. The molecule has 0 amide bonds. The minimum Gasteiger partial charge on any atom is -0.455 e. The van der Waals surface area contributed by atoms with Crippen LogP contribution >= 0.6 is 0 Å². The van der Waals surface area contributed by atoms with Gasteiger partial charge in [-0.25, -0.2) is 0 Å². The van der Waals surface area contributed by atoms with Gasteiger partial charge >= 0.3 is 0 Å². The lowest BCUT2D eigenvalue weighted by Crippen LogP contribution is -2.15. The van der Waals surface area contributed by atoms with Gasteiger partial charge in [-0.3, -0.25) is 0 Å². The second kappa shape index (κ2) is 13.5. The van der Waals surface area contributed by atoms with Crippen molar-refractivity contribution in [2.24, 2.45) is 0 Å². The van der Waals surface area contributed by atoms with Crippen LogP contribution in [0.25, 0.3) is 77.6 Å². The maximum absolute atomic E-state index is 6.74. The number of hydrogen-bond donors (Lipinski definition) is 0. The Morgan fingerprint density at radius 1 is 0.339 bits per heavy atom. The molecule has 0 spiro atoms. The molecule has 62 heavy (non-hydrogen) atoms. The predicted molar refractivity (Wildman–Crippen MR) is 260 cm³/mol. The second-order valence-corrected chi connectivity index (χ2v) is 18.0. The molecule has 0 bridgehead atoms. The van der Waals surface area contributed by atoms with Gasteiger partial charge in [0.25, 0.3) is 0 Å². The average Bonchev–Trinajstić information content (AvgIpc) is 3.89. The molecule has 10 aromatic rings. The number of nitrogens with zero attached hydrogens (tertiary/aromatic N) is 1. The van der Waals surface area contributed by atoms with Gasteiger partial charge in [-0.1, -0.05) is 198 Å². The van der Waals surface area contributed by atoms with Gasteiger partial charge in [-0.05, 0) is 86.0 Å². The van der Waals surface area contributed by atoms with E-state index in [0.717, 1.165) is 50.1 Å². The number of hydrogen-bond acceptors (Lipinski definition) is 2. The summed E-state index contributed by atoms with van der Waals surface area (Å²) in [6.45, 7) is 9.45. The highest BCUT2D eigenvalue weighted by Crippen LogP contribution is 2.56. The Bertz CT molecular complexity index is 3430. The first-order chi connectivity index (χ1) is 30.3. The standard InChI is InChI=1S/C60H45NO/c1-59(2)50-29-12-6-24-48(50)57-45(25-18-30-51(57)59)42-21-8-14-32-54(42)61(55-33-15-9-22-43(55)46-26-17-27-47-44-23-10-16-34-56(44)62-58(46)47)53-31-13-7-19-39(53)38-35-36-41-40-20-5-11-28-49(40)60(3,4)52(41)37-38/h5-37H,1-4H3. The summed E-state index contributed by atoms with van der Waals surface area (Å²) in [7, 11) is 0. The molecule has 0 saturated carbocycles. The Hall–Kier alpha value is -7.42. The molecule has 0 radical (unpaired) electrons. The zero-order chi connectivity index (χ0) is 41.7. The number of rotatable bonds is 6. The highest BCUT2D eigenvalue weighted by atomic mass is 16.3. The van der Waals surface area contributed by atoms with Gasteiger partial charge in [0.1, 0.15) is 11.2 Å². The molecule has 2 heteroatoms. The van der Waals surface area contributed by atoms with E-state index < -0.39 is 0 Å². The second-order valence-electron chi connectivity index (χ2n) is 18.0. The molecule has 12 rings (SSSR count). The van der Waals surface area contributed by atoms with Crippen LogP contribution in [-0.4, -0.2) is 0 Å². The first-order valence-corrected chi connectivity index (χ1v) is 21.8. The third-order valence-corrected chi connectivity index (χ3v) is 13.9. The fraction of sp³-hybridized carbons (Fsp3) is 0.100. The molecule has 1 heterocycles. The van der Waals surface area contributed by atoms with Crippen molar-refractivity contribution in [3.63, 3.8) is 0 Å². The van der Waals surface area contributed by atoms with E-state index in [9.17, 15) is 0 Å². The van der Waals surface area contributed by atoms with Gasteiger partial charge in [0.15, 0.2) is 0 Å². The van der Waals surface area contributed by atoms with E-state index in [-0.39, 0.29) is 10.8 Å². The Morgan fingerprint density at radius 2 is 0.806 bits per heavy atom. The van der Waals surface area contributed by atoms with Crippen LogP contribution in [0, 0.1) is 0 Å². The summed E-state index contributed by atoms with van der Waals surface area (Å²) >= 11 is 0. The van der Waals surface area contributed by atoms with E-state index in [1.165, 1.54) is 66.8 Å². The predicted octanol–water partition coefficient (Wildman–Crippen LogP) is 16.7. The van der Waals surface area contributed by atoms with Crippen LogP contribution in [0.4, 0.5) is 17.1 Å². The summed E-state index contributed by atoms with van der Waals surface area (Å²) in [4.78, 5) is 2.51. The molecule has 0 N–H and O–H groups in total. The van der Waals surface area contributed by atoms with Crippen molar-refractivity contribution in [3.8, 4) is 55.6 Å². The van der Waals surface area contributed by atoms with Crippen molar-refractivity contribution >= 4 is 39.0 Å².